The molecule has 1 N–H and O–H groups in total. The highest BCUT2D eigenvalue weighted by Crippen LogP contribution is 2.39. The molecule has 0 aliphatic carbocycles. The van der Waals surface area contributed by atoms with Gasteiger partial charge in [-0.15, -0.1) is 0 Å². The Morgan fingerprint density at radius 2 is 1.65 bits per heavy atom. The fraction of sp³-hybridized carbons (Fsp3) is 0.357. The van der Waals surface area contributed by atoms with E-state index in [9.17, 15) is 4.79 Å². The van der Waals surface area contributed by atoms with Crippen LogP contribution in [0.3, 0.4) is 0 Å². The first-order valence-corrected chi connectivity index (χ1v) is 10.9. The van der Waals surface area contributed by atoms with Crippen LogP contribution < -0.4 is 5.32 Å². The van der Waals surface area contributed by atoms with Crippen molar-refractivity contribution in [2.24, 2.45) is 0 Å². The van der Waals surface area contributed by atoms with Gasteiger partial charge in [0.05, 0.1) is 11.7 Å². The van der Waals surface area contributed by atoms with Crippen molar-refractivity contribution in [2.75, 3.05) is 0 Å². The summed E-state index contributed by atoms with van der Waals surface area (Å²) < 4.78 is 0. The van der Waals surface area contributed by atoms with Crippen LogP contribution in [0, 0.1) is 6.92 Å². The van der Waals surface area contributed by atoms with Gasteiger partial charge in [-0.1, -0.05) is 56.3 Å². The number of pyridine rings is 1. The van der Waals surface area contributed by atoms with E-state index in [2.05, 4.69) is 82.2 Å². The maximum absolute atomic E-state index is 13.1. The third kappa shape index (κ3) is 5.11. The molecule has 0 aliphatic rings. The maximum atomic E-state index is 13.1. The average Bonchev–Trinajstić information content (AvgIpc) is 2.72. The molecule has 0 amide bonds. The molecule has 1 heterocycles. The van der Waals surface area contributed by atoms with E-state index in [1.54, 1.807) is 0 Å². The number of hydrogen-bond acceptors (Lipinski definition) is 3. The molecule has 3 aromatic rings. The Morgan fingerprint density at radius 3 is 2.29 bits per heavy atom. The Bertz CT molecular complexity index is 1060. The predicted octanol–water partition coefficient (Wildman–Crippen LogP) is 6.34. The molecule has 0 saturated heterocycles. The number of carbonyl (C=O) groups excluding carboxylic acids is 1. The number of hydrogen-bond donors (Lipinski definition) is 1. The number of aromatic nitrogens is 1. The molecular weight excluding hydrogens is 380 g/mol. The Balaban J connectivity index is 2.04. The summed E-state index contributed by atoms with van der Waals surface area (Å²) in [6, 6.07) is 20.2. The summed E-state index contributed by atoms with van der Waals surface area (Å²) in [5.74, 6) is 0.113. The topological polar surface area (TPSA) is 42.0 Å². The van der Waals surface area contributed by atoms with Crippen molar-refractivity contribution in [2.45, 2.75) is 65.5 Å². The van der Waals surface area contributed by atoms with Gasteiger partial charge < -0.3 is 5.32 Å². The highest BCUT2D eigenvalue weighted by Gasteiger charge is 2.29. The molecule has 1 atom stereocenters. The van der Waals surface area contributed by atoms with Crippen LogP contribution in [0.15, 0.2) is 66.9 Å². The van der Waals surface area contributed by atoms with E-state index in [4.69, 9.17) is 0 Å². The molecule has 1 unspecified atom stereocenters. The lowest BCUT2D eigenvalue weighted by Crippen LogP contribution is -2.46. The lowest BCUT2D eigenvalue weighted by molar-refractivity contribution is 0.0935. The van der Waals surface area contributed by atoms with Crippen LogP contribution in [0.4, 0.5) is 0 Å². The number of Topliss-reactive ketones (excluding diaryl/α,β-unsaturated/α-hetero) is 1. The van der Waals surface area contributed by atoms with Gasteiger partial charge in [-0.25, -0.2) is 0 Å². The molecule has 0 saturated carbocycles. The van der Waals surface area contributed by atoms with Crippen LogP contribution >= 0.6 is 0 Å². The molecule has 3 nitrogen and oxygen atoms in total. The van der Waals surface area contributed by atoms with Crippen molar-refractivity contribution in [1.29, 1.82) is 0 Å². The van der Waals surface area contributed by atoms with Gasteiger partial charge in [0, 0.05) is 28.3 Å². The number of benzene rings is 2. The molecule has 0 bridgehead atoms. The predicted molar refractivity (Wildman–Crippen MR) is 130 cm³/mol. The van der Waals surface area contributed by atoms with Gasteiger partial charge in [0.15, 0.2) is 5.78 Å². The van der Waals surface area contributed by atoms with E-state index in [1.165, 1.54) is 11.1 Å². The first kappa shape index (κ1) is 22.9. The van der Waals surface area contributed by atoms with E-state index in [0.29, 0.717) is 0 Å². The molecule has 0 aliphatic heterocycles. The van der Waals surface area contributed by atoms with Gasteiger partial charge >= 0.3 is 0 Å². The maximum Gasteiger partial charge on any atom is 0.179 e. The molecule has 0 fully saturated rings. The normalized spacial score (nSPS) is 13.1. The van der Waals surface area contributed by atoms with Crippen molar-refractivity contribution < 1.29 is 4.79 Å². The van der Waals surface area contributed by atoms with Crippen LogP contribution in [-0.2, 0) is 5.41 Å². The Hall–Kier alpha value is -2.78. The van der Waals surface area contributed by atoms with Crippen LogP contribution in [0.2, 0.25) is 0 Å². The minimum Gasteiger partial charge on any atom is -0.303 e. The molecule has 1 aromatic heterocycles. The monoisotopic (exact) mass is 414 g/mol. The smallest absolute Gasteiger partial charge is 0.179 e. The Morgan fingerprint density at radius 1 is 0.935 bits per heavy atom. The highest BCUT2D eigenvalue weighted by molar-refractivity contribution is 6.00. The van der Waals surface area contributed by atoms with E-state index < -0.39 is 0 Å². The van der Waals surface area contributed by atoms with Gasteiger partial charge in [-0.3, -0.25) is 9.78 Å². The zero-order chi connectivity index (χ0) is 22.8. The zero-order valence-electron chi connectivity index (χ0n) is 19.8. The number of ketones is 1. The quantitative estimate of drug-likeness (QED) is 0.478. The summed E-state index contributed by atoms with van der Waals surface area (Å²) >= 11 is 0. The van der Waals surface area contributed by atoms with Crippen molar-refractivity contribution in [3.05, 3.63) is 89.1 Å². The first-order chi connectivity index (χ1) is 14.5. The molecule has 31 heavy (non-hydrogen) atoms. The van der Waals surface area contributed by atoms with Crippen LogP contribution in [0.5, 0.6) is 0 Å². The van der Waals surface area contributed by atoms with Gasteiger partial charge in [-0.05, 0) is 69.5 Å². The lowest BCUT2D eigenvalue weighted by atomic mass is 9.74. The minimum atomic E-state index is -0.296. The fourth-order valence-electron chi connectivity index (χ4n) is 4.22. The van der Waals surface area contributed by atoms with Crippen molar-refractivity contribution in [3.63, 3.8) is 0 Å². The number of aryl methyl sites for hydroxylation is 1. The molecule has 162 valence electrons. The van der Waals surface area contributed by atoms with Gasteiger partial charge in [-0.2, -0.15) is 0 Å². The summed E-state index contributed by atoms with van der Waals surface area (Å²) in [4.78, 5) is 17.7. The second kappa shape index (κ2) is 8.76. The van der Waals surface area contributed by atoms with Crippen LogP contribution in [0.1, 0.15) is 68.6 Å². The SMILES string of the molecule is Cc1cccc(C(C)(C)c2cccc(C(=O)C(C)NC(C)(C)C)c2)c1-c1ccccn1. The molecular formula is C28H34N2O. The fourth-order valence-corrected chi connectivity index (χ4v) is 4.22. The molecule has 3 heteroatoms. The third-order valence-corrected chi connectivity index (χ3v) is 5.78. The summed E-state index contributed by atoms with van der Waals surface area (Å²) in [6.45, 7) is 14.7. The van der Waals surface area contributed by atoms with E-state index in [0.717, 1.165) is 22.4 Å². The Kier molecular flexibility index (Phi) is 6.47. The number of carbonyl (C=O) groups is 1. The minimum absolute atomic E-state index is 0.113. The number of rotatable bonds is 6. The third-order valence-electron chi connectivity index (χ3n) is 5.78. The number of nitrogens with zero attached hydrogens (tertiary/aromatic N) is 1. The van der Waals surface area contributed by atoms with Crippen molar-refractivity contribution in [1.82, 2.24) is 10.3 Å². The van der Waals surface area contributed by atoms with Gasteiger partial charge in [0.1, 0.15) is 0 Å². The molecule has 2 aromatic carbocycles. The zero-order valence-corrected chi connectivity index (χ0v) is 19.8. The first-order valence-electron chi connectivity index (χ1n) is 10.9. The van der Waals surface area contributed by atoms with E-state index in [1.807, 2.05) is 43.5 Å². The second-order valence-electron chi connectivity index (χ2n) is 9.90. The number of nitrogens with one attached hydrogen (secondary N) is 1. The summed E-state index contributed by atoms with van der Waals surface area (Å²) in [5.41, 5.74) is 5.97. The van der Waals surface area contributed by atoms with Crippen molar-refractivity contribution >= 4 is 5.78 Å². The molecule has 3 rings (SSSR count). The summed E-state index contributed by atoms with van der Waals surface area (Å²) in [5, 5.41) is 3.39. The van der Waals surface area contributed by atoms with Gasteiger partial charge in [0.2, 0.25) is 0 Å². The second-order valence-corrected chi connectivity index (χ2v) is 9.90. The largest absolute Gasteiger partial charge is 0.303 e. The standard InChI is InChI=1S/C28H34N2O/c1-19-12-10-15-23(25(19)24-16-8-9-17-29-24)28(6,7)22-14-11-13-21(18-22)26(31)20(2)30-27(3,4)5/h8-18,20,30H,1-7H3. The van der Waals surface area contributed by atoms with E-state index >= 15 is 0 Å². The summed E-state index contributed by atoms with van der Waals surface area (Å²) in [6.07, 6.45) is 1.83. The lowest BCUT2D eigenvalue weighted by Gasteiger charge is -2.30. The summed E-state index contributed by atoms with van der Waals surface area (Å²) in [7, 11) is 0. The van der Waals surface area contributed by atoms with Crippen LogP contribution in [-0.4, -0.2) is 22.3 Å². The van der Waals surface area contributed by atoms with E-state index in [-0.39, 0.29) is 22.8 Å². The van der Waals surface area contributed by atoms with Gasteiger partial charge in [0.25, 0.3) is 0 Å². The molecule has 0 spiro atoms. The van der Waals surface area contributed by atoms with Crippen LogP contribution in [0.25, 0.3) is 11.3 Å². The van der Waals surface area contributed by atoms with Crippen molar-refractivity contribution in [3.8, 4) is 11.3 Å². The average molecular weight is 415 g/mol. The Labute approximate surface area is 186 Å². The molecule has 0 radical (unpaired) electrons. The highest BCUT2D eigenvalue weighted by atomic mass is 16.1.